The van der Waals surface area contributed by atoms with Crippen LogP contribution in [0.1, 0.15) is 42.6 Å². The molecular weight excluding hydrogens is 459 g/mol. The first-order chi connectivity index (χ1) is 15.5. The largest absolute Gasteiger partial charge is 0.417 e. The number of nitrogens with one attached hydrogen (secondary N) is 1. The van der Waals surface area contributed by atoms with Crippen LogP contribution in [0.25, 0.3) is 10.9 Å². The predicted molar refractivity (Wildman–Crippen MR) is 117 cm³/mol. The van der Waals surface area contributed by atoms with E-state index in [0.717, 1.165) is 6.07 Å². The minimum atomic E-state index is -4.65. The Morgan fingerprint density at radius 2 is 2.00 bits per heavy atom. The van der Waals surface area contributed by atoms with Gasteiger partial charge in [0.1, 0.15) is 0 Å². The molecule has 4 heterocycles. The number of hydrogen-bond acceptors (Lipinski definition) is 4. The number of rotatable bonds is 4. The number of piperidine rings is 1. The summed E-state index contributed by atoms with van der Waals surface area (Å²) < 4.78 is 41.9. The maximum absolute atomic E-state index is 13.4. The monoisotopic (exact) mass is 481 g/mol. The first kappa shape index (κ1) is 23.3. The van der Waals surface area contributed by atoms with E-state index in [-0.39, 0.29) is 29.0 Å². The van der Waals surface area contributed by atoms with Gasteiger partial charge >= 0.3 is 6.18 Å². The van der Waals surface area contributed by atoms with E-state index >= 15 is 0 Å². The fourth-order valence-corrected chi connectivity index (χ4v) is 4.54. The molecule has 1 aliphatic heterocycles. The average molecular weight is 482 g/mol. The van der Waals surface area contributed by atoms with Crippen LogP contribution in [0.5, 0.6) is 0 Å². The third kappa shape index (κ3) is 4.90. The number of halogens is 4. The summed E-state index contributed by atoms with van der Waals surface area (Å²) in [6.45, 7) is 4.69. The maximum atomic E-state index is 13.4. The van der Waals surface area contributed by atoms with Gasteiger partial charge in [-0.1, -0.05) is 18.5 Å². The summed E-state index contributed by atoms with van der Waals surface area (Å²) in [5.74, 6) is -0.367. The Hall–Kier alpha value is -2.88. The summed E-state index contributed by atoms with van der Waals surface area (Å²) in [7, 11) is 0. The molecule has 3 aromatic rings. The molecule has 33 heavy (non-hydrogen) atoms. The lowest BCUT2D eigenvalue weighted by atomic mass is 9.91. The molecule has 0 aliphatic carbocycles. The number of aromatic amines is 1. The van der Waals surface area contributed by atoms with E-state index in [2.05, 4.69) is 15.1 Å². The highest BCUT2D eigenvalue weighted by atomic mass is 35.5. The van der Waals surface area contributed by atoms with E-state index in [0.29, 0.717) is 43.2 Å². The van der Waals surface area contributed by atoms with Crippen molar-refractivity contribution in [2.45, 2.75) is 45.3 Å². The Labute approximate surface area is 192 Å². The number of likely N-dealkylation sites (tertiary alicyclic amines) is 1. The van der Waals surface area contributed by atoms with Gasteiger partial charge in [-0.2, -0.15) is 18.3 Å². The smallest absolute Gasteiger partial charge is 0.342 e. The number of nitrogens with zero attached hydrogens (tertiary/aromatic N) is 4. The summed E-state index contributed by atoms with van der Waals surface area (Å²) >= 11 is 5.87. The van der Waals surface area contributed by atoms with Crippen LogP contribution < -0.4 is 5.56 Å². The van der Waals surface area contributed by atoms with Gasteiger partial charge in [0.25, 0.3) is 5.56 Å². The fraction of sp³-hybridized carbons (Fsp3) is 0.455. The minimum Gasteiger partial charge on any atom is -0.342 e. The number of amides is 1. The number of aryl methyl sites for hydroxylation is 1. The van der Waals surface area contributed by atoms with Crippen LogP contribution in [0.4, 0.5) is 13.2 Å². The first-order valence-electron chi connectivity index (χ1n) is 10.6. The maximum Gasteiger partial charge on any atom is 0.417 e. The molecule has 3 aromatic heterocycles. The SMILES string of the molecule is Cc1cc(C(F)(F)F)c2c(=O)[nH]c(C3CCN(C(=O)C(C)Cn4cc(Cl)cn4)CC3)cc2n1. The van der Waals surface area contributed by atoms with Crippen molar-refractivity contribution in [1.29, 1.82) is 0 Å². The molecule has 0 bridgehead atoms. The van der Waals surface area contributed by atoms with Crippen molar-refractivity contribution in [3.05, 3.63) is 56.9 Å². The van der Waals surface area contributed by atoms with Crippen molar-refractivity contribution in [2.24, 2.45) is 5.92 Å². The summed E-state index contributed by atoms with van der Waals surface area (Å²) in [5, 5.41) is 4.16. The second-order valence-corrected chi connectivity index (χ2v) is 8.94. The Balaban J connectivity index is 1.49. The summed E-state index contributed by atoms with van der Waals surface area (Å²) in [4.78, 5) is 34.0. The number of H-pyrrole nitrogens is 1. The first-order valence-corrected chi connectivity index (χ1v) is 11.0. The number of aromatic nitrogens is 4. The average Bonchev–Trinajstić information content (AvgIpc) is 3.16. The molecule has 0 radical (unpaired) electrons. The molecule has 0 aromatic carbocycles. The molecule has 4 rings (SSSR count). The van der Waals surface area contributed by atoms with Gasteiger partial charge in [0, 0.05) is 36.6 Å². The molecule has 1 aliphatic rings. The van der Waals surface area contributed by atoms with Crippen molar-refractivity contribution in [1.82, 2.24) is 24.6 Å². The van der Waals surface area contributed by atoms with E-state index in [1.807, 2.05) is 6.92 Å². The topological polar surface area (TPSA) is 83.9 Å². The molecular formula is C22H23ClF3N5O2. The Morgan fingerprint density at radius 3 is 2.61 bits per heavy atom. The standard InChI is InChI=1S/C22H23ClF3N5O2/c1-12(10-31-11-15(23)9-27-31)21(33)30-5-3-14(4-6-30)17-8-18-19(20(32)29-17)16(22(24,25)26)7-13(2)28-18/h7-9,11-12,14H,3-6,10H2,1-2H3,(H,29,32). The highest BCUT2D eigenvalue weighted by molar-refractivity contribution is 6.30. The highest BCUT2D eigenvalue weighted by Gasteiger charge is 2.35. The summed E-state index contributed by atoms with van der Waals surface area (Å²) in [5.41, 5.74) is -1.01. The van der Waals surface area contributed by atoms with Gasteiger partial charge < -0.3 is 9.88 Å². The summed E-state index contributed by atoms with van der Waals surface area (Å²) in [6.07, 6.45) is -0.294. The molecule has 1 N–H and O–H groups in total. The molecule has 176 valence electrons. The van der Waals surface area contributed by atoms with Gasteiger partial charge in [0.15, 0.2) is 0 Å². The number of pyridine rings is 2. The molecule has 11 heteroatoms. The molecule has 0 saturated carbocycles. The number of carbonyl (C=O) groups excluding carboxylic acids is 1. The van der Waals surface area contributed by atoms with Crippen molar-refractivity contribution in [3.8, 4) is 0 Å². The van der Waals surface area contributed by atoms with Crippen molar-refractivity contribution < 1.29 is 18.0 Å². The second kappa shape index (κ2) is 8.81. The van der Waals surface area contributed by atoms with Crippen LogP contribution in [-0.2, 0) is 17.5 Å². The summed E-state index contributed by atoms with van der Waals surface area (Å²) in [6, 6.07) is 2.42. The van der Waals surface area contributed by atoms with E-state index in [4.69, 9.17) is 11.6 Å². The van der Waals surface area contributed by atoms with Crippen LogP contribution >= 0.6 is 11.6 Å². The van der Waals surface area contributed by atoms with Crippen LogP contribution in [0.3, 0.4) is 0 Å². The Bertz CT molecular complexity index is 1250. The van der Waals surface area contributed by atoms with Crippen molar-refractivity contribution in [2.75, 3.05) is 13.1 Å². The van der Waals surface area contributed by atoms with E-state index in [1.165, 1.54) is 19.2 Å². The zero-order chi connectivity index (χ0) is 23.9. The van der Waals surface area contributed by atoms with Crippen LogP contribution in [0.15, 0.2) is 29.3 Å². The lowest BCUT2D eigenvalue weighted by Crippen LogP contribution is -2.42. The number of carbonyl (C=O) groups is 1. The molecule has 1 atom stereocenters. The quantitative estimate of drug-likeness (QED) is 0.607. The van der Waals surface area contributed by atoms with Crippen molar-refractivity contribution >= 4 is 28.4 Å². The van der Waals surface area contributed by atoms with Gasteiger partial charge in [-0.15, -0.1) is 0 Å². The third-order valence-corrected chi connectivity index (χ3v) is 6.18. The predicted octanol–water partition coefficient (Wildman–Crippen LogP) is 4.14. The lowest BCUT2D eigenvalue weighted by Gasteiger charge is -2.33. The normalized spacial score (nSPS) is 16.4. The molecule has 0 spiro atoms. The number of alkyl halides is 3. The number of fused-ring (bicyclic) bond motifs is 1. The minimum absolute atomic E-state index is 0.000752. The van der Waals surface area contributed by atoms with Gasteiger partial charge in [-0.05, 0) is 31.9 Å². The van der Waals surface area contributed by atoms with Crippen LogP contribution in [0, 0.1) is 12.8 Å². The van der Waals surface area contributed by atoms with Crippen LogP contribution in [-0.4, -0.2) is 43.6 Å². The van der Waals surface area contributed by atoms with Gasteiger partial charge in [0.05, 0.1) is 40.1 Å². The Morgan fingerprint density at radius 1 is 1.30 bits per heavy atom. The molecule has 7 nitrogen and oxygen atoms in total. The van der Waals surface area contributed by atoms with Gasteiger partial charge in [-0.25, -0.2) is 0 Å². The van der Waals surface area contributed by atoms with Crippen LogP contribution in [0.2, 0.25) is 5.02 Å². The molecule has 1 saturated heterocycles. The second-order valence-electron chi connectivity index (χ2n) is 8.50. The third-order valence-electron chi connectivity index (χ3n) is 5.99. The lowest BCUT2D eigenvalue weighted by molar-refractivity contribution is -0.137. The molecule has 1 amide bonds. The highest BCUT2D eigenvalue weighted by Crippen LogP contribution is 2.34. The molecule has 1 unspecified atom stereocenters. The van der Waals surface area contributed by atoms with E-state index in [1.54, 1.807) is 15.8 Å². The van der Waals surface area contributed by atoms with E-state index < -0.39 is 22.7 Å². The molecule has 1 fully saturated rings. The zero-order valence-corrected chi connectivity index (χ0v) is 18.9. The van der Waals surface area contributed by atoms with Gasteiger partial charge in [-0.3, -0.25) is 19.3 Å². The zero-order valence-electron chi connectivity index (χ0n) is 18.1. The van der Waals surface area contributed by atoms with Crippen molar-refractivity contribution in [3.63, 3.8) is 0 Å². The number of hydrogen-bond donors (Lipinski definition) is 1. The van der Waals surface area contributed by atoms with Gasteiger partial charge in [0.2, 0.25) is 5.91 Å². The fourth-order valence-electron chi connectivity index (χ4n) is 4.38. The van der Waals surface area contributed by atoms with E-state index in [9.17, 15) is 22.8 Å². The Kier molecular flexibility index (Phi) is 6.22.